The van der Waals surface area contributed by atoms with Gasteiger partial charge in [-0.3, -0.25) is 15.1 Å². The van der Waals surface area contributed by atoms with Crippen LogP contribution in [0.15, 0.2) is 36.9 Å². The topological polar surface area (TPSA) is 72.7 Å². The second-order valence-corrected chi connectivity index (χ2v) is 4.50. The lowest BCUT2D eigenvalue weighted by Crippen LogP contribution is -2.16. The Balaban J connectivity index is 2.00. The minimum atomic E-state index is -0.197. The van der Waals surface area contributed by atoms with Crippen molar-refractivity contribution < 1.29 is 4.79 Å². The van der Waals surface area contributed by atoms with Crippen LogP contribution < -0.4 is 5.32 Å². The van der Waals surface area contributed by atoms with Crippen molar-refractivity contribution in [2.45, 2.75) is 6.92 Å². The van der Waals surface area contributed by atoms with Crippen LogP contribution in [0.1, 0.15) is 15.9 Å². The van der Waals surface area contributed by atoms with E-state index in [2.05, 4.69) is 20.4 Å². The van der Waals surface area contributed by atoms with E-state index in [1.54, 1.807) is 25.5 Å². The molecule has 0 spiro atoms. The molecule has 0 radical (unpaired) electrons. The third kappa shape index (κ3) is 2.01. The highest BCUT2D eigenvalue weighted by molar-refractivity contribution is 6.07. The first-order chi connectivity index (χ1) is 9.66. The van der Waals surface area contributed by atoms with Gasteiger partial charge in [-0.05, 0) is 30.0 Å². The fourth-order valence-electron chi connectivity index (χ4n) is 2.15. The van der Waals surface area contributed by atoms with E-state index in [9.17, 15) is 4.79 Å². The van der Waals surface area contributed by atoms with Gasteiger partial charge in [0.15, 0.2) is 0 Å². The lowest BCUT2D eigenvalue weighted by Gasteiger charge is -2.09. The second-order valence-electron chi connectivity index (χ2n) is 4.50. The fourth-order valence-corrected chi connectivity index (χ4v) is 2.15. The third-order valence-corrected chi connectivity index (χ3v) is 3.27. The molecule has 20 heavy (non-hydrogen) atoms. The summed E-state index contributed by atoms with van der Waals surface area (Å²) in [5.41, 5.74) is 1.54. The number of nitrogens with zero attached hydrogens (tertiary/aromatic N) is 4. The first-order valence-corrected chi connectivity index (χ1v) is 6.15. The number of aryl methyl sites for hydroxylation is 2. The number of benzene rings is 1. The SMILES string of the molecule is Cc1c(C(=O)Nc2ncnn2C)ccc2cnccc12. The van der Waals surface area contributed by atoms with Crippen molar-refractivity contribution in [2.75, 3.05) is 5.32 Å². The normalized spacial score (nSPS) is 10.7. The number of fused-ring (bicyclic) bond motifs is 1. The summed E-state index contributed by atoms with van der Waals surface area (Å²) < 4.78 is 1.51. The maximum atomic E-state index is 12.3. The summed E-state index contributed by atoms with van der Waals surface area (Å²) in [5.74, 6) is 0.224. The van der Waals surface area contributed by atoms with Crippen LogP contribution in [0.5, 0.6) is 0 Å². The smallest absolute Gasteiger partial charge is 0.258 e. The van der Waals surface area contributed by atoms with Crippen LogP contribution >= 0.6 is 0 Å². The minimum Gasteiger partial charge on any atom is -0.291 e. The molecule has 1 amide bonds. The molecule has 0 aliphatic rings. The summed E-state index contributed by atoms with van der Waals surface area (Å²) >= 11 is 0. The number of aromatic nitrogens is 4. The summed E-state index contributed by atoms with van der Waals surface area (Å²) in [6.45, 7) is 1.92. The molecule has 0 aliphatic carbocycles. The van der Waals surface area contributed by atoms with Gasteiger partial charge in [-0.2, -0.15) is 10.1 Å². The Morgan fingerprint density at radius 1 is 1.30 bits per heavy atom. The van der Waals surface area contributed by atoms with Crippen LogP contribution in [0, 0.1) is 6.92 Å². The van der Waals surface area contributed by atoms with Gasteiger partial charge in [0.1, 0.15) is 6.33 Å². The molecule has 0 saturated heterocycles. The van der Waals surface area contributed by atoms with Crippen molar-refractivity contribution in [2.24, 2.45) is 7.05 Å². The van der Waals surface area contributed by atoms with Gasteiger partial charge in [0.05, 0.1) is 0 Å². The molecule has 1 N–H and O–H groups in total. The molecular weight excluding hydrogens is 254 g/mol. The van der Waals surface area contributed by atoms with Gasteiger partial charge < -0.3 is 0 Å². The maximum absolute atomic E-state index is 12.3. The number of carbonyl (C=O) groups is 1. The molecule has 0 bridgehead atoms. The number of nitrogens with one attached hydrogen (secondary N) is 1. The lowest BCUT2D eigenvalue weighted by atomic mass is 10.0. The van der Waals surface area contributed by atoms with E-state index < -0.39 is 0 Å². The van der Waals surface area contributed by atoms with Gasteiger partial charge in [0.25, 0.3) is 5.91 Å². The van der Waals surface area contributed by atoms with Gasteiger partial charge in [-0.25, -0.2) is 4.68 Å². The summed E-state index contributed by atoms with van der Waals surface area (Å²) in [6.07, 6.45) is 4.90. The molecule has 2 heterocycles. The molecule has 2 aromatic heterocycles. The molecule has 6 heteroatoms. The van der Waals surface area contributed by atoms with Crippen molar-refractivity contribution >= 4 is 22.6 Å². The van der Waals surface area contributed by atoms with Crippen LogP contribution in [0.4, 0.5) is 5.95 Å². The van der Waals surface area contributed by atoms with Gasteiger partial charge >= 0.3 is 0 Å². The van der Waals surface area contributed by atoms with Crippen LogP contribution in [0.2, 0.25) is 0 Å². The standard InChI is InChI=1S/C14H13N5O/c1-9-11-5-6-15-7-10(11)3-4-12(9)13(20)18-14-16-8-17-19(14)2/h3-8H,1-2H3,(H,16,17,18,20). The third-order valence-electron chi connectivity index (χ3n) is 3.27. The van der Waals surface area contributed by atoms with E-state index in [1.165, 1.54) is 11.0 Å². The van der Waals surface area contributed by atoms with Gasteiger partial charge in [0, 0.05) is 30.4 Å². The second kappa shape index (κ2) is 4.73. The molecule has 3 aromatic rings. The lowest BCUT2D eigenvalue weighted by molar-refractivity contribution is 0.102. The maximum Gasteiger partial charge on any atom is 0.258 e. The molecule has 0 aliphatic heterocycles. The van der Waals surface area contributed by atoms with Crippen LogP contribution in [0.25, 0.3) is 10.8 Å². The van der Waals surface area contributed by atoms with Gasteiger partial charge in [0.2, 0.25) is 5.95 Å². The van der Waals surface area contributed by atoms with E-state index in [-0.39, 0.29) is 5.91 Å². The van der Waals surface area contributed by atoms with Crippen molar-refractivity contribution in [1.82, 2.24) is 19.7 Å². The molecule has 6 nitrogen and oxygen atoms in total. The van der Waals surface area contributed by atoms with E-state index >= 15 is 0 Å². The van der Waals surface area contributed by atoms with Crippen molar-refractivity contribution in [3.63, 3.8) is 0 Å². The number of amides is 1. The van der Waals surface area contributed by atoms with Crippen molar-refractivity contribution in [3.8, 4) is 0 Å². The van der Waals surface area contributed by atoms with Gasteiger partial charge in [-0.15, -0.1) is 0 Å². The Bertz CT molecular complexity index is 793. The molecular formula is C14H13N5O. The number of pyridine rings is 1. The first kappa shape index (κ1) is 12.3. The zero-order valence-corrected chi connectivity index (χ0v) is 11.2. The van der Waals surface area contributed by atoms with E-state index in [0.717, 1.165) is 16.3 Å². The highest BCUT2D eigenvalue weighted by Crippen LogP contribution is 2.21. The highest BCUT2D eigenvalue weighted by atomic mass is 16.1. The molecule has 0 saturated carbocycles. The zero-order valence-electron chi connectivity index (χ0n) is 11.2. The molecule has 0 atom stereocenters. The Kier molecular flexibility index (Phi) is 2.90. The number of rotatable bonds is 2. The predicted octanol–water partition coefficient (Wildman–Crippen LogP) is 1.92. The van der Waals surface area contributed by atoms with Crippen molar-refractivity contribution in [3.05, 3.63) is 48.0 Å². The van der Waals surface area contributed by atoms with E-state index in [4.69, 9.17) is 0 Å². The summed E-state index contributed by atoms with van der Waals surface area (Å²) in [5, 5.41) is 8.70. The number of carbonyl (C=O) groups excluding carboxylic acids is 1. The van der Waals surface area contributed by atoms with E-state index in [1.807, 2.05) is 19.1 Å². The summed E-state index contributed by atoms with van der Waals surface area (Å²) in [6, 6.07) is 5.59. The van der Waals surface area contributed by atoms with Crippen LogP contribution in [0.3, 0.4) is 0 Å². The summed E-state index contributed by atoms with van der Waals surface area (Å²) in [4.78, 5) is 20.4. The Morgan fingerprint density at radius 3 is 2.90 bits per heavy atom. The molecule has 1 aromatic carbocycles. The Labute approximate surface area is 115 Å². The summed E-state index contributed by atoms with van der Waals surface area (Å²) in [7, 11) is 1.72. The van der Waals surface area contributed by atoms with E-state index in [0.29, 0.717) is 11.5 Å². The highest BCUT2D eigenvalue weighted by Gasteiger charge is 2.13. The molecule has 0 unspecified atom stereocenters. The average molecular weight is 267 g/mol. The fraction of sp³-hybridized carbons (Fsp3) is 0.143. The zero-order chi connectivity index (χ0) is 14.1. The molecule has 100 valence electrons. The number of hydrogen-bond donors (Lipinski definition) is 1. The van der Waals surface area contributed by atoms with Gasteiger partial charge in [-0.1, -0.05) is 6.07 Å². The Hall–Kier alpha value is -2.76. The van der Waals surface area contributed by atoms with Crippen LogP contribution in [-0.2, 0) is 7.05 Å². The largest absolute Gasteiger partial charge is 0.291 e. The quantitative estimate of drug-likeness (QED) is 0.770. The molecule has 3 rings (SSSR count). The average Bonchev–Trinajstić information content (AvgIpc) is 2.85. The predicted molar refractivity (Wildman–Crippen MR) is 75.4 cm³/mol. The number of hydrogen-bond acceptors (Lipinski definition) is 4. The Morgan fingerprint density at radius 2 is 2.15 bits per heavy atom. The monoisotopic (exact) mass is 267 g/mol. The van der Waals surface area contributed by atoms with Crippen molar-refractivity contribution in [1.29, 1.82) is 0 Å². The first-order valence-electron chi connectivity index (χ1n) is 6.15. The number of anilines is 1. The molecule has 0 fully saturated rings. The minimum absolute atomic E-state index is 0.197. The van der Waals surface area contributed by atoms with Crippen LogP contribution in [-0.4, -0.2) is 25.7 Å².